The van der Waals surface area contributed by atoms with E-state index in [1.54, 1.807) is 11.8 Å². The number of carbonyl (C=O) groups is 1. The number of piperidine rings is 1. The smallest absolute Gasteiger partial charge is 0.263 e. The summed E-state index contributed by atoms with van der Waals surface area (Å²) in [5.74, 6) is 0.326. The van der Waals surface area contributed by atoms with Gasteiger partial charge in [0.25, 0.3) is 5.91 Å². The summed E-state index contributed by atoms with van der Waals surface area (Å²) < 4.78 is -0.346. The Kier molecular flexibility index (Phi) is 4.36. The van der Waals surface area contributed by atoms with Gasteiger partial charge in [0, 0.05) is 13.1 Å². The van der Waals surface area contributed by atoms with Crippen molar-refractivity contribution in [1.82, 2.24) is 4.90 Å². The van der Waals surface area contributed by atoms with Crippen molar-refractivity contribution in [2.45, 2.75) is 17.6 Å². The number of hydrogen-bond acceptors (Lipinski definition) is 5. The molecule has 19 heavy (non-hydrogen) atoms. The van der Waals surface area contributed by atoms with Gasteiger partial charge < -0.3 is 15.8 Å². The zero-order valence-electron chi connectivity index (χ0n) is 10.7. The van der Waals surface area contributed by atoms with Crippen LogP contribution < -0.4 is 5.73 Å². The Morgan fingerprint density at radius 1 is 1.58 bits per heavy atom. The molecular weight excluding hydrogens is 282 g/mol. The van der Waals surface area contributed by atoms with Crippen molar-refractivity contribution in [3.8, 4) is 0 Å². The molecule has 2 rings (SSSR count). The molecule has 3 N–H and O–H groups in total. The van der Waals surface area contributed by atoms with Crippen LogP contribution in [0.4, 0.5) is 0 Å². The number of amides is 1. The Labute approximate surface area is 120 Å². The van der Waals surface area contributed by atoms with Crippen molar-refractivity contribution in [2.24, 2.45) is 10.9 Å². The molecule has 7 heteroatoms. The SMILES string of the molecule is CSC1(C(N)=NO)CCN(C(=O)c2cccs2)CC1. The van der Waals surface area contributed by atoms with Crippen LogP contribution in [0, 0.1) is 0 Å². The summed E-state index contributed by atoms with van der Waals surface area (Å²) in [5, 5.41) is 13.9. The highest BCUT2D eigenvalue weighted by Crippen LogP contribution is 2.35. The quantitative estimate of drug-likeness (QED) is 0.386. The number of likely N-dealkylation sites (tertiary alicyclic amines) is 1. The van der Waals surface area contributed by atoms with Gasteiger partial charge in [-0.15, -0.1) is 11.3 Å². The van der Waals surface area contributed by atoms with E-state index in [1.807, 2.05) is 28.7 Å². The molecule has 1 aliphatic heterocycles. The standard InChI is InChI=1S/C12H17N3O2S2/c1-18-12(11(13)14-17)4-6-15(7-5-12)10(16)9-3-2-8-19-9/h2-3,8,17H,4-7H2,1H3,(H2,13,14). The molecule has 0 aliphatic carbocycles. The van der Waals surface area contributed by atoms with Gasteiger partial charge in [-0.2, -0.15) is 11.8 Å². The second-order valence-electron chi connectivity index (χ2n) is 4.45. The number of amidine groups is 1. The minimum Gasteiger partial charge on any atom is -0.409 e. The molecule has 1 aromatic rings. The number of oxime groups is 1. The number of hydrogen-bond donors (Lipinski definition) is 2. The van der Waals surface area contributed by atoms with Crippen molar-refractivity contribution in [3.63, 3.8) is 0 Å². The Morgan fingerprint density at radius 3 is 2.74 bits per heavy atom. The molecule has 0 saturated carbocycles. The highest BCUT2D eigenvalue weighted by atomic mass is 32.2. The fraction of sp³-hybridized carbons (Fsp3) is 0.500. The molecule has 0 radical (unpaired) electrons. The first kappa shape index (κ1) is 14.2. The minimum atomic E-state index is -0.346. The molecule has 0 spiro atoms. The number of thiophene rings is 1. The van der Waals surface area contributed by atoms with Crippen LogP contribution in [0.5, 0.6) is 0 Å². The van der Waals surface area contributed by atoms with Crippen LogP contribution in [-0.2, 0) is 0 Å². The molecule has 0 atom stereocenters. The highest BCUT2D eigenvalue weighted by Gasteiger charge is 2.39. The molecule has 1 saturated heterocycles. The van der Waals surface area contributed by atoms with Crippen molar-refractivity contribution in [2.75, 3.05) is 19.3 Å². The molecule has 5 nitrogen and oxygen atoms in total. The van der Waals surface area contributed by atoms with E-state index >= 15 is 0 Å². The molecule has 1 aromatic heterocycles. The minimum absolute atomic E-state index is 0.0733. The molecule has 0 unspecified atom stereocenters. The second-order valence-corrected chi connectivity index (χ2v) is 6.59. The first-order valence-electron chi connectivity index (χ1n) is 5.99. The average Bonchev–Trinajstić information content (AvgIpc) is 3.00. The van der Waals surface area contributed by atoms with Gasteiger partial charge in [-0.05, 0) is 30.5 Å². The number of carbonyl (C=O) groups excluding carboxylic acids is 1. The maximum Gasteiger partial charge on any atom is 0.263 e. The fourth-order valence-electron chi connectivity index (χ4n) is 2.28. The molecule has 0 bridgehead atoms. The van der Waals surface area contributed by atoms with E-state index in [9.17, 15) is 4.79 Å². The van der Waals surface area contributed by atoms with E-state index in [4.69, 9.17) is 10.9 Å². The van der Waals surface area contributed by atoms with Gasteiger partial charge in [-0.1, -0.05) is 11.2 Å². The number of nitrogens with zero attached hydrogens (tertiary/aromatic N) is 2. The normalized spacial score (nSPS) is 19.4. The predicted molar refractivity (Wildman–Crippen MR) is 79.1 cm³/mol. The second kappa shape index (κ2) is 5.83. The van der Waals surface area contributed by atoms with E-state index in [2.05, 4.69) is 5.16 Å². The lowest BCUT2D eigenvalue weighted by molar-refractivity contribution is 0.0723. The van der Waals surface area contributed by atoms with Crippen LogP contribution in [0.2, 0.25) is 0 Å². The molecule has 1 fully saturated rings. The van der Waals surface area contributed by atoms with E-state index in [-0.39, 0.29) is 16.5 Å². The van der Waals surface area contributed by atoms with Crippen molar-refractivity contribution >= 4 is 34.8 Å². The third-order valence-corrected chi connectivity index (χ3v) is 5.81. The lowest BCUT2D eigenvalue weighted by Crippen LogP contribution is -2.51. The molecule has 104 valence electrons. The third-order valence-electron chi connectivity index (χ3n) is 3.56. The first-order valence-corrected chi connectivity index (χ1v) is 8.09. The molecule has 0 aromatic carbocycles. The summed E-state index contributed by atoms with van der Waals surface area (Å²) in [5.41, 5.74) is 5.79. The molecule has 1 amide bonds. The summed E-state index contributed by atoms with van der Waals surface area (Å²) in [7, 11) is 0. The summed E-state index contributed by atoms with van der Waals surface area (Å²) in [6, 6.07) is 3.72. The van der Waals surface area contributed by atoms with Crippen LogP contribution in [0.25, 0.3) is 0 Å². The summed E-state index contributed by atoms with van der Waals surface area (Å²) in [6.07, 6.45) is 3.37. The van der Waals surface area contributed by atoms with Gasteiger partial charge in [-0.3, -0.25) is 4.79 Å². The first-order chi connectivity index (χ1) is 9.13. The maximum absolute atomic E-state index is 12.2. The average molecular weight is 299 g/mol. The van der Waals surface area contributed by atoms with Crippen LogP contribution in [0.1, 0.15) is 22.5 Å². The molecular formula is C12H17N3O2S2. The Balaban J connectivity index is 2.04. The van der Waals surface area contributed by atoms with Crippen LogP contribution >= 0.6 is 23.1 Å². The Bertz CT molecular complexity index is 465. The number of thioether (sulfide) groups is 1. The van der Waals surface area contributed by atoms with Gasteiger partial charge in [0.15, 0.2) is 5.84 Å². The fourth-order valence-corrected chi connectivity index (χ4v) is 3.81. The number of nitrogens with two attached hydrogens (primary N) is 1. The van der Waals surface area contributed by atoms with Gasteiger partial charge in [0.05, 0.1) is 9.62 Å². The van der Waals surface area contributed by atoms with Gasteiger partial charge in [-0.25, -0.2) is 0 Å². The van der Waals surface area contributed by atoms with E-state index in [1.165, 1.54) is 11.3 Å². The van der Waals surface area contributed by atoms with Crippen LogP contribution in [0.3, 0.4) is 0 Å². The Hall–Kier alpha value is -1.21. The predicted octanol–water partition coefficient (Wildman–Crippen LogP) is 1.83. The molecule has 2 heterocycles. The van der Waals surface area contributed by atoms with Gasteiger partial charge in [0.2, 0.25) is 0 Å². The zero-order chi connectivity index (χ0) is 13.9. The van der Waals surface area contributed by atoms with Crippen LogP contribution in [-0.4, -0.2) is 45.9 Å². The van der Waals surface area contributed by atoms with Gasteiger partial charge in [0.1, 0.15) is 0 Å². The summed E-state index contributed by atoms with van der Waals surface area (Å²) in [4.78, 5) is 14.8. The topological polar surface area (TPSA) is 78.9 Å². The maximum atomic E-state index is 12.2. The zero-order valence-corrected chi connectivity index (χ0v) is 12.3. The van der Waals surface area contributed by atoms with E-state index in [0.29, 0.717) is 25.9 Å². The lowest BCUT2D eigenvalue weighted by atomic mass is 9.94. The summed E-state index contributed by atoms with van der Waals surface area (Å²) in [6.45, 7) is 1.27. The summed E-state index contributed by atoms with van der Waals surface area (Å²) >= 11 is 3.04. The monoisotopic (exact) mass is 299 g/mol. The number of rotatable bonds is 3. The van der Waals surface area contributed by atoms with Gasteiger partial charge >= 0.3 is 0 Å². The van der Waals surface area contributed by atoms with E-state index in [0.717, 1.165) is 4.88 Å². The molecule has 1 aliphatic rings. The highest BCUT2D eigenvalue weighted by molar-refractivity contribution is 8.00. The third kappa shape index (κ3) is 2.71. The lowest BCUT2D eigenvalue weighted by Gasteiger charge is -2.39. The van der Waals surface area contributed by atoms with Crippen molar-refractivity contribution in [1.29, 1.82) is 0 Å². The van der Waals surface area contributed by atoms with E-state index < -0.39 is 0 Å². The largest absolute Gasteiger partial charge is 0.409 e. The Morgan fingerprint density at radius 2 is 2.26 bits per heavy atom. The van der Waals surface area contributed by atoms with Crippen LogP contribution in [0.15, 0.2) is 22.7 Å². The van der Waals surface area contributed by atoms with Crippen molar-refractivity contribution < 1.29 is 10.0 Å². The van der Waals surface area contributed by atoms with Crippen molar-refractivity contribution in [3.05, 3.63) is 22.4 Å².